The summed E-state index contributed by atoms with van der Waals surface area (Å²) in [6, 6.07) is 14.2. The van der Waals surface area contributed by atoms with Gasteiger partial charge in [0, 0.05) is 18.8 Å². The molecule has 31 heavy (non-hydrogen) atoms. The van der Waals surface area contributed by atoms with Crippen LogP contribution in [0.25, 0.3) is 0 Å². The number of rotatable bonds is 11. The number of carbonyl (C=O) groups excluding carboxylic acids is 2. The second kappa shape index (κ2) is 12.6. The van der Waals surface area contributed by atoms with Crippen molar-refractivity contribution in [2.75, 3.05) is 12.3 Å². The molecule has 0 bridgehead atoms. The molecule has 5 heteroatoms. The molecule has 168 valence electrons. The van der Waals surface area contributed by atoms with Crippen LogP contribution in [0.5, 0.6) is 0 Å². The second-order valence-electron chi connectivity index (χ2n) is 8.21. The van der Waals surface area contributed by atoms with Gasteiger partial charge in [0.25, 0.3) is 0 Å². The number of hydrogen-bond donors (Lipinski definition) is 1. The summed E-state index contributed by atoms with van der Waals surface area (Å²) in [5, 5.41) is 2.97. The Kier molecular flexibility index (Phi) is 10.1. The zero-order chi connectivity index (χ0) is 22.8. The Bertz CT molecular complexity index is 844. The van der Waals surface area contributed by atoms with Gasteiger partial charge >= 0.3 is 0 Å². The first-order chi connectivity index (χ1) is 14.8. The van der Waals surface area contributed by atoms with E-state index >= 15 is 0 Å². The Morgan fingerprint density at radius 1 is 0.935 bits per heavy atom. The molecule has 2 amide bonds. The van der Waals surface area contributed by atoms with E-state index in [1.807, 2.05) is 45.0 Å². The molecule has 2 rings (SSSR count). The molecule has 0 heterocycles. The van der Waals surface area contributed by atoms with Gasteiger partial charge in [-0.2, -0.15) is 0 Å². The topological polar surface area (TPSA) is 49.4 Å². The van der Waals surface area contributed by atoms with Crippen molar-refractivity contribution >= 4 is 23.6 Å². The molecule has 0 radical (unpaired) electrons. The van der Waals surface area contributed by atoms with Crippen molar-refractivity contribution in [3.05, 3.63) is 70.3 Å². The number of carbonyl (C=O) groups is 2. The zero-order valence-corrected chi connectivity index (χ0v) is 20.3. The van der Waals surface area contributed by atoms with Gasteiger partial charge in [0.05, 0.1) is 5.75 Å². The van der Waals surface area contributed by atoms with Crippen LogP contribution in [0, 0.1) is 20.8 Å². The van der Waals surface area contributed by atoms with Crippen LogP contribution in [0.3, 0.4) is 0 Å². The first-order valence-corrected chi connectivity index (χ1v) is 12.3. The molecule has 0 saturated heterocycles. The Labute approximate surface area is 191 Å². The van der Waals surface area contributed by atoms with Crippen LogP contribution >= 0.6 is 11.8 Å². The number of benzene rings is 2. The summed E-state index contributed by atoms with van der Waals surface area (Å²) in [7, 11) is 0. The summed E-state index contributed by atoms with van der Waals surface area (Å²) in [4.78, 5) is 27.8. The maximum absolute atomic E-state index is 13.2. The molecule has 1 N–H and O–H groups in total. The van der Waals surface area contributed by atoms with Crippen molar-refractivity contribution in [2.24, 2.45) is 0 Å². The van der Waals surface area contributed by atoms with E-state index in [4.69, 9.17) is 0 Å². The lowest BCUT2D eigenvalue weighted by atomic mass is 10.1. The number of thioether (sulfide) groups is 1. The monoisotopic (exact) mass is 440 g/mol. The summed E-state index contributed by atoms with van der Waals surface area (Å²) in [6.07, 6.45) is 1.47. The van der Waals surface area contributed by atoms with Gasteiger partial charge in [-0.05, 0) is 44.7 Å². The largest absolute Gasteiger partial charge is 0.354 e. The highest BCUT2D eigenvalue weighted by atomic mass is 32.2. The molecule has 4 nitrogen and oxygen atoms in total. The Morgan fingerprint density at radius 3 is 2.16 bits per heavy atom. The quantitative estimate of drug-likeness (QED) is 0.524. The normalized spacial score (nSPS) is 11.8. The number of nitrogens with one attached hydrogen (secondary N) is 1. The minimum Gasteiger partial charge on any atom is -0.354 e. The lowest BCUT2D eigenvalue weighted by molar-refractivity contribution is -0.139. The number of nitrogens with zero attached hydrogens (tertiary/aromatic N) is 1. The van der Waals surface area contributed by atoms with E-state index in [1.54, 1.807) is 16.7 Å². The third kappa shape index (κ3) is 8.06. The minimum absolute atomic E-state index is 0.00782. The Balaban J connectivity index is 2.11. The number of amides is 2. The van der Waals surface area contributed by atoms with E-state index in [1.165, 1.54) is 22.3 Å². The predicted octanol–water partition coefficient (Wildman–Crippen LogP) is 5.18. The Hall–Kier alpha value is -2.27. The van der Waals surface area contributed by atoms with E-state index < -0.39 is 6.04 Å². The lowest BCUT2D eigenvalue weighted by Gasteiger charge is -2.30. The molecule has 1 atom stereocenters. The van der Waals surface area contributed by atoms with Crippen LogP contribution in [-0.2, 0) is 21.9 Å². The first-order valence-electron chi connectivity index (χ1n) is 11.1. The fourth-order valence-electron chi connectivity index (χ4n) is 3.67. The van der Waals surface area contributed by atoms with E-state index in [-0.39, 0.29) is 11.8 Å². The van der Waals surface area contributed by atoms with Crippen LogP contribution < -0.4 is 5.32 Å². The molecule has 2 aromatic carbocycles. The van der Waals surface area contributed by atoms with E-state index in [9.17, 15) is 9.59 Å². The number of aryl methyl sites for hydroxylation is 3. The van der Waals surface area contributed by atoms with Crippen LogP contribution in [0.4, 0.5) is 0 Å². The zero-order valence-electron chi connectivity index (χ0n) is 19.5. The van der Waals surface area contributed by atoms with Gasteiger partial charge in [0.2, 0.25) is 11.8 Å². The van der Waals surface area contributed by atoms with Crippen LogP contribution in [0.2, 0.25) is 0 Å². The molecular weight excluding hydrogens is 404 g/mol. The van der Waals surface area contributed by atoms with Gasteiger partial charge in [-0.1, -0.05) is 73.0 Å². The predicted molar refractivity (Wildman–Crippen MR) is 131 cm³/mol. The van der Waals surface area contributed by atoms with Gasteiger partial charge in [-0.15, -0.1) is 11.8 Å². The van der Waals surface area contributed by atoms with Crippen molar-refractivity contribution in [3.8, 4) is 0 Å². The van der Waals surface area contributed by atoms with Gasteiger partial charge in [-0.25, -0.2) is 0 Å². The fourth-order valence-corrected chi connectivity index (χ4v) is 4.51. The molecule has 2 aromatic rings. The van der Waals surface area contributed by atoms with Crippen LogP contribution in [-0.4, -0.2) is 35.1 Å². The molecular formula is C26H36N2O2S. The third-order valence-electron chi connectivity index (χ3n) is 5.18. The van der Waals surface area contributed by atoms with Crippen molar-refractivity contribution in [1.82, 2.24) is 10.2 Å². The maximum Gasteiger partial charge on any atom is 0.242 e. The molecule has 0 aliphatic carbocycles. The van der Waals surface area contributed by atoms with E-state index in [0.717, 1.165) is 17.7 Å². The summed E-state index contributed by atoms with van der Waals surface area (Å²) in [5.74, 6) is 1.08. The standard InChI is InChI=1S/C26H36N2O2S/c1-6-12-27-26(30)24(7-2)28(16-22-10-8-19(3)9-11-22)25(29)18-31-17-23-14-20(4)13-21(5)15-23/h8-11,13-15,24H,6-7,12,16-18H2,1-5H3,(H,27,30)/t24-/m1/s1. The highest BCUT2D eigenvalue weighted by Gasteiger charge is 2.28. The van der Waals surface area contributed by atoms with Crippen LogP contribution in [0.15, 0.2) is 42.5 Å². The lowest BCUT2D eigenvalue weighted by Crippen LogP contribution is -2.49. The summed E-state index contributed by atoms with van der Waals surface area (Å²) in [6.45, 7) is 11.3. The van der Waals surface area contributed by atoms with Crippen molar-refractivity contribution in [3.63, 3.8) is 0 Å². The van der Waals surface area contributed by atoms with Gasteiger partial charge < -0.3 is 10.2 Å². The minimum atomic E-state index is -0.456. The van der Waals surface area contributed by atoms with Crippen molar-refractivity contribution in [2.45, 2.75) is 65.8 Å². The molecule has 0 fully saturated rings. The molecule has 0 aliphatic heterocycles. The smallest absolute Gasteiger partial charge is 0.242 e. The third-order valence-corrected chi connectivity index (χ3v) is 6.17. The van der Waals surface area contributed by atoms with Gasteiger partial charge in [-0.3, -0.25) is 9.59 Å². The SMILES string of the molecule is CCCNC(=O)[C@@H](CC)N(Cc1ccc(C)cc1)C(=O)CSCc1cc(C)cc(C)c1. The average molecular weight is 441 g/mol. The molecule has 0 unspecified atom stereocenters. The highest BCUT2D eigenvalue weighted by Crippen LogP contribution is 2.19. The summed E-state index contributed by atoms with van der Waals surface area (Å²) >= 11 is 1.61. The van der Waals surface area contributed by atoms with Crippen LogP contribution in [0.1, 0.15) is 54.5 Å². The van der Waals surface area contributed by atoms with Crippen molar-refractivity contribution in [1.29, 1.82) is 0 Å². The van der Waals surface area contributed by atoms with E-state index in [2.05, 4.69) is 37.4 Å². The fraction of sp³-hybridized carbons (Fsp3) is 0.462. The average Bonchev–Trinajstić information content (AvgIpc) is 2.72. The van der Waals surface area contributed by atoms with Gasteiger partial charge in [0.1, 0.15) is 6.04 Å². The van der Waals surface area contributed by atoms with Gasteiger partial charge in [0.15, 0.2) is 0 Å². The maximum atomic E-state index is 13.2. The molecule has 0 aliphatic rings. The summed E-state index contributed by atoms with van der Waals surface area (Å²) < 4.78 is 0. The first kappa shape index (κ1) is 25.0. The highest BCUT2D eigenvalue weighted by molar-refractivity contribution is 7.99. The molecule has 0 spiro atoms. The summed E-state index contributed by atoms with van der Waals surface area (Å²) in [5.41, 5.74) is 5.93. The number of hydrogen-bond acceptors (Lipinski definition) is 3. The molecule has 0 saturated carbocycles. The van der Waals surface area contributed by atoms with Crippen molar-refractivity contribution < 1.29 is 9.59 Å². The molecule has 0 aromatic heterocycles. The van der Waals surface area contributed by atoms with E-state index in [0.29, 0.717) is 25.3 Å². The Morgan fingerprint density at radius 2 is 1.58 bits per heavy atom. The second-order valence-corrected chi connectivity index (χ2v) is 9.20.